The molecule has 2 aromatic rings. The van der Waals surface area contributed by atoms with Gasteiger partial charge in [0.05, 0.1) is 12.3 Å². The van der Waals surface area contributed by atoms with E-state index < -0.39 is 16.1 Å². The number of hydrogen-bond acceptors (Lipinski definition) is 4. The van der Waals surface area contributed by atoms with Gasteiger partial charge in [-0.3, -0.25) is 9.40 Å². The van der Waals surface area contributed by atoms with E-state index in [2.05, 4.69) is 9.82 Å². The maximum atomic E-state index is 12.1. The van der Waals surface area contributed by atoms with Crippen molar-refractivity contribution >= 4 is 15.7 Å². The minimum Gasteiger partial charge on any atom is -0.389 e. The van der Waals surface area contributed by atoms with Gasteiger partial charge in [0.25, 0.3) is 10.0 Å². The van der Waals surface area contributed by atoms with Crippen LogP contribution in [0.3, 0.4) is 0 Å². The molecule has 19 heavy (non-hydrogen) atoms. The van der Waals surface area contributed by atoms with E-state index in [0.29, 0.717) is 11.3 Å². The van der Waals surface area contributed by atoms with E-state index in [9.17, 15) is 13.5 Å². The molecule has 0 saturated heterocycles. The minimum absolute atomic E-state index is 0.0949. The third-order valence-corrected chi connectivity index (χ3v) is 3.95. The second-order valence-corrected chi connectivity index (χ2v) is 5.94. The second kappa shape index (κ2) is 5.02. The summed E-state index contributed by atoms with van der Waals surface area (Å²) in [5, 5.41) is 13.3. The Morgan fingerprint density at radius 3 is 2.74 bits per heavy atom. The molecule has 0 radical (unpaired) electrons. The number of nitrogens with one attached hydrogen (secondary N) is 1. The molecule has 1 atom stereocenters. The first-order chi connectivity index (χ1) is 8.88. The van der Waals surface area contributed by atoms with Crippen molar-refractivity contribution in [2.45, 2.75) is 17.9 Å². The number of rotatable bonds is 4. The number of sulfonamides is 1. The van der Waals surface area contributed by atoms with Gasteiger partial charge in [-0.15, -0.1) is 0 Å². The Kier molecular flexibility index (Phi) is 3.59. The normalized spacial score (nSPS) is 13.2. The number of nitrogens with zero attached hydrogens (tertiary/aromatic N) is 2. The Morgan fingerprint density at radius 2 is 2.16 bits per heavy atom. The average molecular weight is 281 g/mol. The molecule has 1 unspecified atom stereocenters. The molecule has 0 bridgehead atoms. The first kappa shape index (κ1) is 13.6. The van der Waals surface area contributed by atoms with Crippen LogP contribution >= 0.6 is 0 Å². The van der Waals surface area contributed by atoms with Gasteiger partial charge >= 0.3 is 0 Å². The average Bonchev–Trinajstić information content (AvgIpc) is 2.76. The van der Waals surface area contributed by atoms with Crippen molar-refractivity contribution in [2.24, 2.45) is 7.05 Å². The molecule has 1 aromatic carbocycles. The van der Waals surface area contributed by atoms with Crippen LogP contribution in [0.5, 0.6) is 0 Å². The van der Waals surface area contributed by atoms with Gasteiger partial charge in [-0.05, 0) is 24.6 Å². The summed E-state index contributed by atoms with van der Waals surface area (Å²) in [6, 6.07) is 6.63. The summed E-state index contributed by atoms with van der Waals surface area (Å²) in [5.74, 6) is 0. The first-order valence-corrected chi connectivity index (χ1v) is 7.16. The summed E-state index contributed by atoms with van der Waals surface area (Å²) in [7, 11) is -2.00. The highest BCUT2D eigenvalue weighted by Gasteiger charge is 2.16. The van der Waals surface area contributed by atoms with E-state index in [1.54, 1.807) is 38.2 Å². The molecule has 0 aliphatic carbocycles. The minimum atomic E-state index is -3.65. The van der Waals surface area contributed by atoms with Crippen LogP contribution < -0.4 is 4.72 Å². The Hall–Kier alpha value is -1.86. The van der Waals surface area contributed by atoms with E-state index in [4.69, 9.17) is 0 Å². The Balaban J connectivity index is 2.28. The number of anilines is 1. The fraction of sp³-hybridized carbons (Fsp3) is 0.250. The highest BCUT2D eigenvalue weighted by Crippen LogP contribution is 2.20. The molecule has 1 heterocycles. The Labute approximate surface area is 111 Å². The monoisotopic (exact) mass is 281 g/mol. The quantitative estimate of drug-likeness (QED) is 0.884. The third-order valence-electron chi connectivity index (χ3n) is 2.61. The SMILES string of the molecule is CC(O)c1cccc(NS(=O)(=O)c2cnn(C)c2)c1. The third kappa shape index (κ3) is 3.12. The zero-order valence-electron chi connectivity index (χ0n) is 10.6. The predicted octanol–water partition coefficient (Wildman–Crippen LogP) is 1.27. The zero-order valence-corrected chi connectivity index (χ0v) is 11.4. The lowest BCUT2D eigenvalue weighted by molar-refractivity contribution is 0.199. The van der Waals surface area contributed by atoms with Crippen LogP contribution in [-0.4, -0.2) is 23.3 Å². The number of aliphatic hydroxyl groups excluding tert-OH is 1. The lowest BCUT2D eigenvalue weighted by Crippen LogP contribution is -2.12. The molecule has 0 fully saturated rings. The van der Waals surface area contributed by atoms with Crippen molar-refractivity contribution < 1.29 is 13.5 Å². The van der Waals surface area contributed by atoms with Crippen LogP contribution in [0.15, 0.2) is 41.6 Å². The summed E-state index contributed by atoms with van der Waals surface area (Å²) < 4.78 is 28.0. The van der Waals surface area contributed by atoms with Crippen LogP contribution in [0.25, 0.3) is 0 Å². The largest absolute Gasteiger partial charge is 0.389 e. The first-order valence-electron chi connectivity index (χ1n) is 5.68. The topological polar surface area (TPSA) is 84.2 Å². The summed E-state index contributed by atoms with van der Waals surface area (Å²) in [6.45, 7) is 1.62. The lowest BCUT2D eigenvalue weighted by atomic mass is 10.1. The highest BCUT2D eigenvalue weighted by atomic mass is 32.2. The van der Waals surface area contributed by atoms with Crippen molar-refractivity contribution in [3.8, 4) is 0 Å². The van der Waals surface area contributed by atoms with E-state index in [-0.39, 0.29) is 4.90 Å². The van der Waals surface area contributed by atoms with Crippen LogP contribution in [0.4, 0.5) is 5.69 Å². The summed E-state index contributed by atoms with van der Waals surface area (Å²) >= 11 is 0. The van der Waals surface area contributed by atoms with Crippen molar-refractivity contribution in [3.05, 3.63) is 42.2 Å². The van der Waals surface area contributed by atoms with Gasteiger partial charge in [-0.2, -0.15) is 5.10 Å². The molecule has 102 valence electrons. The van der Waals surface area contributed by atoms with Crippen molar-refractivity contribution in [1.29, 1.82) is 0 Å². The summed E-state index contributed by atoms with van der Waals surface area (Å²) in [5.41, 5.74) is 1.05. The number of aryl methyl sites for hydroxylation is 1. The van der Waals surface area contributed by atoms with Crippen LogP contribution in [-0.2, 0) is 17.1 Å². The fourth-order valence-electron chi connectivity index (χ4n) is 1.61. The highest BCUT2D eigenvalue weighted by molar-refractivity contribution is 7.92. The molecule has 6 nitrogen and oxygen atoms in total. The molecule has 1 aromatic heterocycles. The van der Waals surface area contributed by atoms with E-state index in [1.165, 1.54) is 17.1 Å². The van der Waals surface area contributed by atoms with Crippen molar-refractivity contribution in [1.82, 2.24) is 9.78 Å². The van der Waals surface area contributed by atoms with E-state index in [1.807, 2.05) is 0 Å². The molecule has 2 rings (SSSR count). The number of aliphatic hydroxyl groups is 1. The molecule has 0 amide bonds. The smallest absolute Gasteiger partial charge is 0.265 e. The number of benzene rings is 1. The molecule has 0 aliphatic rings. The van der Waals surface area contributed by atoms with Gasteiger partial charge < -0.3 is 5.11 Å². The standard InChI is InChI=1S/C12H15N3O3S/c1-9(16)10-4-3-5-11(6-10)14-19(17,18)12-7-13-15(2)8-12/h3-9,14,16H,1-2H3. The van der Waals surface area contributed by atoms with E-state index >= 15 is 0 Å². The van der Waals surface area contributed by atoms with Gasteiger partial charge in [0.1, 0.15) is 4.90 Å². The molecular formula is C12H15N3O3S. The van der Waals surface area contributed by atoms with Gasteiger partial charge in [-0.1, -0.05) is 12.1 Å². The zero-order chi connectivity index (χ0) is 14.0. The molecule has 7 heteroatoms. The Bertz CT molecular complexity index is 677. The Morgan fingerprint density at radius 1 is 1.42 bits per heavy atom. The summed E-state index contributed by atoms with van der Waals surface area (Å²) in [6.07, 6.45) is 2.05. The maximum Gasteiger partial charge on any atom is 0.265 e. The van der Waals surface area contributed by atoms with Gasteiger partial charge in [0.2, 0.25) is 0 Å². The molecule has 0 saturated carbocycles. The lowest BCUT2D eigenvalue weighted by Gasteiger charge is -2.09. The van der Waals surface area contributed by atoms with Crippen molar-refractivity contribution in [2.75, 3.05) is 4.72 Å². The summed E-state index contributed by atoms with van der Waals surface area (Å²) in [4.78, 5) is 0.0949. The van der Waals surface area contributed by atoms with Gasteiger partial charge in [-0.25, -0.2) is 8.42 Å². The maximum absolute atomic E-state index is 12.1. The van der Waals surface area contributed by atoms with Crippen LogP contribution in [0.1, 0.15) is 18.6 Å². The molecule has 0 spiro atoms. The van der Waals surface area contributed by atoms with Crippen LogP contribution in [0, 0.1) is 0 Å². The van der Waals surface area contributed by atoms with Crippen LogP contribution in [0.2, 0.25) is 0 Å². The predicted molar refractivity (Wildman–Crippen MR) is 71.1 cm³/mol. The van der Waals surface area contributed by atoms with E-state index in [0.717, 1.165) is 0 Å². The van der Waals surface area contributed by atoms with Crippen molar-refractivity contribution in [3.63, 3.8) is 0 Å². The number of hydrogen-bond donors (Lipinski definition) is 2. The van der Waals surface area contributed by atoms with Gasteiger partial charge in [0, 0.05) is 18.9 Å². The number of aromatic nitrogens is 2. The van der Waals surface area contributed by atoms with Gasteiger partial charge in [0.15, 0.2) is 0 Å². The second-order valence-electron chi connectivity index (χ2n) is 4.26. The molecular weight excluding hydrogens is 266 g/mol. The fourth-order valence-corrected chi connectivity index (χ4v) is 2.65. The molecule has 0 aliphatic heterocycles. The molecule has 2 N–H and O–H groups in total.